The molecule has 1 unspecified atom stereocenters. The first-order chi connectivity index (χ1) is 7.49. The fraction of sp³-hybridized carbons (Fsp3) is 0.300. The van der Waals surface area contributed by atoms with E-state index in [2.05, 4.69) is 4.74 Å². The second-order valence-corrected chi connectivity index (χ2v) is 3.10. The van der Waals surface area contributed by atoms with Crippen molar-refractivity contribution >= 4 is 6.09 Å². The number of carbonyl (C=O) groups is 1. The molecule has 0 bridgehead atoms. The van der Waals surface area contributed by atoms with Crippen LogP contribution in [0.15, 0.2) is 24.3 Å². The van der Waals surface area contributed by atoms with Gasteiger partial charge in [0.05, 0.1) is 0 Å². The molecule has 1 rings (SSSR count). The molecule has 16 heavy (non-hydrogen) atoms. The van der Waals surface area contributed by atoms with E-state index in [0.29, 0.717) is 0 Å². The molecular weight excluding hydrogens is 223 g/mol. The summed E-state index contributed by atoms with van der Waals surface area (Å²) in [6, 6.07) is 4.73. The fourth-order valence-electron chi connectivity index (χ4n) is 1.23. The fourth-order valence-corrected chi connectivity index (χ4v) is 1.23. The molecule has 0 aliphatic heterocycles. The zero-order chi connectivity index (χ0) is 12.1. The Morgan fingerprint density at radius 2 is 1.88 bits per heavy atom. The average Bonchev–Trinajstić information content (AvgIpc) is 2.16. The molecule has 88 valence electrons. The number of amides is 1. The topological polar surface area (TPSA) is 52.3 Å². The predicted octanol–water partition coefficient (Wildman–Crippen LogP) is 2.62. The second kappa shape index (κ2) is 5.39. The van der Waals surface area contributed by atoms with Crippen LogP contribution in [-0.2, 0) is 4.74 Å². The molecule has 0 heterocycles. The maximum absolute atomic E-state index is 12.6. The molecule has 0 radical (unpaired) electrons. The van der Waals surface area contributed by atoms with E-state index in [1.165, 1.54) is 12.1 Å². The Bertz CT molecular complexity index is 354. The zero-order valence-electron chi connectivity index (χ0n) is 8.20. The van der Waals surface area contributed by atoms with Crippen LogP contribution in [-0.4, -0.2) is 12.5 Å². The van der Waals surface area contributed by atoms with E-state index in [9.17, 15) is 18.0 Å². The number of alkyl halides is 2. The van der Waals surface area contributed by atoms with Gasteiger partial charge in [0.1, 0.15) is 11.9 Å². The zero-order valence-corrected chi connectivity index (χ0v) is 8.20. The third kappa shape index (κ3) is 3.80. The van der Waals surface area contributed by atoms with Gasteiger partial charge >= 0.3 is 6.09 Å². The van der Waals surface area contributed by atoms with Crippen molar-refractivity contribution in [2.45, 2.75) is 19.0 Å². The number of carbonyl (C=O) groups excluding carboxylic acids is 1. The number of benzene rings is 1. The highest BCUT2D eigenvalue weighted by Gasteiger charge is 2.20. The number of rotatable bonds is 4. The Morgan fingerprint density at radius 1 is 1.31 bits per heavy atom. The Kier molecular flexibility index (Phi) is 4.16. The van der Waals surface area contributed by atoms with Crippen LogP contribution in [0.2, 0.25) is 0 Å². The maximum atomic E-state index is 12.6. The summed E-state index contributed by atoms with van der Waals surface area (Å²) in [7, 11) is 0. The van der Waals surface area contributed by atoms with Gasteiger partial charge in [-0.2, -0.15) is 0 Å². The number of hydrogen-bond donors (Lipinski definition) is 1. The molecule has 1 atom stereocenters. The van der Waals surface area contributed by atoms with Gasteiger partial charge in [-0.1, -0.05) is 12.1 Å². The van der Waals surface area contributed by atoms with Gasteiger partial charge in [0.25, 0.3) is 0 Å². The van der Waals surface area contributed by atoms with Crippen LogP contribution in [0.3, 0.4) is 0 Å². The van der Waals surface area contributed by atoms with Gasteiger partial charge < -0.3 is 10.5 Å². The highest BCUT2D eigenvalue weighted by atomic mass is 19.3. The number of ether oxygens (including phenoxy) is 1. The Hall–Kier alpha value is -1.72. The summed E-state index contributed by atoms with van der Waals surface area (Å²) in [4.78, 5) is 10.5. The normalized spacial score (nSPS) is 12.5. The van der Waals surface area contributed by atoms with Crippen molar-refractivity contribution in [2.75, 3.05) is 0 Å². The van der Waals surface area contributed by atoms with Crippen molar-refractivity contribution in [3.63, 3.8) is 0 Å². The molecule has 1 amide bonds. The molecule has 0 spiro atoms. The predicted molar refractivity (Wildman–Crippen MR) is 50.4 cm³/mol. The SMILES string of the molecule is NC(=O)OC(CC(F)F)c1ccc(F)cc1. The van der Waals surface area contributed by atoms with Gasteiger partial charge in [0.15, 0.2) is 0 Å². The third-order valence-corrected chi connectivity index (χ3v) is 1.89. The second-order valence-electron chi connectivity index (χ2n) is 3.10. The molecule has 3 nitrogen and oxygen atoms in total. The van der Waals surface area contributed by atoms with Crippen molar-refractivity contribution in [1.29, 1.82) is 0 Å². The minimum Gasteiger partial charge on any atom is -0.441 e. The third-order valence-electron chi connectivity index (χ3n) is 1.89. The molecule has 0 saturated carbocycles. The lowest BCUT2D eigenvalue weighted by atomic mass is 10.1. The number of primary amides is 1. The summed E-state index contributed by atoms with van der Waals surface area (Å²) in [6.07, 6.45) is -5.61. The minimum absolute atomic E-state index is 0.278. The molecule has 6 heteroatoms. The van der Waals surface area contributed by atoms with E-state index in [4.69, 9.17) is 5.73 Å². The van der Waals surface area contributed by atoms with Gasteiger partial charge in [0, 0.05) is 6.42 Å². The summed E-state index contributed by atoms with van der Waals surface area (Å²) in [5.41, 5.74) is 5.03. The highest BCUT2D eigenvalue weighted by molar-refractivity contribution is 5.65. The Morgan fingerprint density at radius 3 is 2.31 bits per heavy atom. The summed E-state index contributed by atoms with van der Waals surface area (Å²) < 4.78 is 41.5. The van der Waals surface area contributed by atoms with Gasteiger partial charge in [-0.25, -0.2) is 18.0 Å². The largest absolute Gasteiger partial charge is 0.441 e. The number of hydrogen-bond acceptors (Lipinski definition) is 2. The van der Waals surface area contributed by atoms with E-state index >= 15 is 0 Å². The lowest BCUT2D eigenvalue weighted by Crippen LogP contribution is -2.19. The van der Waals surface area contributed by atoms with Crippen LogP contribution < -0.4 is 5.73 Å². The summed E-state index contributed by atoms with van der Waals surface area (Å²) in [5.74, 6) is -0.501. The molecule has 0 fully saturated rings. The molecule has 0 aliphatic carbocycles. The lowest BCUT2D eigenvalue weighted by Gasteiger charge is -2.16. The first-order valence-corrected chi connectivity index (χ1v) is 4.48. The summed E-state index contributed by atoms with van der Waals surface area (Å²) in [6.45, 7) is 0. The molecule has 1 aromatic rings. The first kappa shape index (κ1) is 12.4. The van der Waals surface area contributed by atoms with Crippen LogP contribution in [0.5, 0.6) is 0 Å². The lowest BCUT2D eigenvalue weighted by molar-refractivity contribution is 0.0444. The summed E-state index contributed by atoms with van der Waals surface area (Å²) in [5, 5.41) is 0. The molecule has 0 saturated heterocycles. The quantitative estimate of drug-likeness (QED) is 0.869. The van der Waals surface area contributed by atoms with E-state index in [1.54, 1.807) is 0 Å². The van der Waals surface area contributed by atoms with Gasteiger partial charge in [-0.05, 0) is 17.7 Å². The van der Waals surface area contributed by atoms with E-state index in [-0.39, 0.29) is 5.56 Å². The van der Waals surface area contributed by atoms with Crippen LogP contribution in [0.1, 0.15) is 18.1 Å². The Labute approximate surface area is 90.0 Å². The molecule has 2 N–H and O–H groups in total. The minimum atomic E-state index is -2.64. The maximum Gasteiger partial charge on any atom is 0.405 e. The average molecular weight is 233 g/mol. The van der Waals surface area contributed by atoms with Crippen molar-refractivity contribution < 1.29 is 22.7 Å². The van der Waals surface area contributed by atoms with Gasteiger partial charge in [-0.15, -0.1) is 0 Å². The van der Waals surface area contributed by atoms with Crippen molar-refractivity contribution in [3.05, 3.63) is 35.6 Å². The molecular formula is C10H10F3NO2. The van der Waals surface area contributed by atoms with Crippen molar-refractivity contribution in [1.82, 2.24) is 0 Å². The monoisotopic (exact) mass is 233 g/mol. The van der Waals surface area contributed by atoms with E-state index < -0.39 is 30.9 Å². The number of nitrogens with two attached hydrogens (primary N) is 1. The molecule has 0 aliphatic rings. The molecule has 1 aromatic carbocycles. The van der Waals surface area contributed by atoms with E-state index in [1.807, 2.05) is 0 Å². The number of halogens is 3. The van der Waals surface area contributed by atoms with Crippen molar-refractivity contribution in [3.8, 4) is 0 Å². The van der Waals surface area contributed by atoms with Gasteiger partial charge in [0.2, 0.25) is 6.43 Å². The van der Waals surface area contributed by atoms with Crippen LogP contribution in [0.4, 0.5) is 18.0 Å². The standard InChI is InChI=1S/C10H10F3NO2/c11-7-3-1-6(2-4-7)8(5-9(12)13)16-10(14)15/h1-4,8-9H,5H2,(H2,14,15). The smallest absolute Gasteiger partial charge is 0.405 e. The van der Waals surface area contributed by atoms with Crippen LogP contribution in [0.25, 0.3) is 0 Å². The van der Waals surface area contributed by atoms with Gasteiger partial charge in [-0.3, -0.25) is 0 Å². The van der Waals surface area contributed by atoms with Crippen LogP contribution >= 0.6 is 0 Å². The Balaban J connectivity index is 2.82. The summed E-state index contributed by atoms with van der Waals surface area (Å²) >= 11 is 0. The molecule has 0 aromatic heterocycles. The van der Waals surface area contributed by atoms with Crippen LogP contribution in [0, 0.1) is 5.82 Å². The van der Waals surface area contributed by atoms with E-state index in [0.717, 1.165) is 12.1 Å². The van der Waals surface area contributed by atoms with Crippen molar-refractivity contribution in [2.24, 2.45) is 5.73 Å². The highest BCUT2D eigenvalue weighted by Crippen LogP contribution is 2.24. The first-order valence-electron chi connectivity index (χ1n) is 4.48.